The van der Waals surface area contributed by atoms with E-state index < -0.39 is 0 Å². The van der Waals surface area contributed by atoms with Gasteiger partial charge < -0.3 is 10.2 Å². The molecule has 2 aliphatic rings. The average Bonchev–Trinajstić information content (AvgIpc) is 3.20. The van der Waals surface area contributed by atoms with Gasteiger partial charge in [0.2, 0.25) is 5.91 Å². The Bertz CT molecular complexity index is 446. The normalized spacial score (nSPS) is 20.8. The second kappa shape index (κ2) is 5.28. The maximum absolute atomic E-state index is 11.9. The molecule has 6 heteroatoms. The summed E-state index contributed by atoms with van der Waals surface area (Å²) in [5.74, 6) is 0.735. The van der Waals surface area contributed by atoms with Crippen LogP contribution in [0.3, 0.4) is 0 Å². The molecule has 1 amide bonds. The Labute approximate surface area is 113 Å². The lowest BCUT2D eigenvalue weighted by Gasteiger charge is -2.32. The van der Waals surface area contributed by atoms with Crippen LogP contribution in [0.1, 0.15) is 31.4 Å². The minimum atomic E-state index is 0.352. The highest BCUT2D eigenvalue weighted by Gasteiger charge is 2.34. The zero-order valence-corrected chi connectivity index (χ0v) is 11.4. The highest BCUT2D eigenvalue weighted by molar-refractivity contribution is 5.81. The van der Waals surface area contributed by atoms with Gasteiger partial charge in [0.1, 0.15) is 0 Å². The molecule has 6 nitrogen and oxygen atoms in total. The molecule has 0 spiro atoms. The van der Waals surface area contributed by atoms with Gasteiger partial charge in [-0.2, -0.15) is 0 Å². The molecule has 3 rings (SSSR count). The van der Waals surface area contributed by atoms with Crippen molar-refractivity contribution in [1.82, 2.24) is 25.2 Å². The number of carbonyl (C=O) groups is 1. The molecule has 1 aliphatic heterocycles. The molecule has 1 aromatic heterocycles. The number of hydrogen-bond donors (Lipinski definition) is 1. The Hall–Kier alpha value is -1.43. The fraction of sp³-hybridized carbons (Fsp3) is 0.769. The van der Waals surface area contributed by atoms with Gasteiger partial charge in [0.25, 0.3) is 0 Å². The number of aryl methyl sites for hydroxylation is 1. The summed E-state index contributed by atoms with van der Waals surface area (Å²) in [6.45, 7) is 2.60. The molecule has 0 aromatic carbocycles. The lowest BCUT2D eigenvalue weighted by atomic mass is 10.0. The van der Waals surface area contributed by atoms with E-state index in [1.807, 2.05) is 11.9 Å². The third-order valence-corrected chi connectivity index (χ3v) is 4.11. The highest BCUT2D eigenvalue weighted by atomic mass is 16.2. The monoisotopic (exact) mass is 263 g/mol. The number of carbonyl (C=O) groups excluding carboxylic acids is 1. The van der Waals surface area contributed by atoms with E-state index in [1.165, 1.54) is 0 Å². The maximum Gasteiger partial charge on any atom is 0.225 e. The molecule has 1 N–H and O–H groups in total. The highest BCUT2D eigenvalue weighted by Crippen LogP contribution is 2.31. The SMILES string of the molecule is Cn1nncc1CNC1CCN(C(=O)C2CC2)CC1. The first-order chi connectivity index (χ1) is 9.24. The van der Waals surface area contributed by atoms with Crippen molar-refractivity contribution >= 4 is 5.91 Å². The van der Waals surface area contributed by atoms with Crippen molar-refractivity contribution < 1.29 is 4.79 Å². The maximum atomic E-state index is 11.9. The van der Waals surface area contributed by atoms with Crippen molar-refractivity contribution in [1.29, 1.82) is 0 Å². The van der Waals surface area contributed by atoms with Gasteiger partial charge in [0.05, 0.1) is 11.9 Å². The van der Waals surface area contributed by atoms with E-state index in [1.54, 1.807) is 10.9 Å². The summed E-state index contributed by atoms with van der Waals surface area (Å²) >= 11 is 0. The summed E-state index contributed by atoms with van der Waals surface area (Å²) in [4.78, 5) is 14.0. The number of piperidine rings is 1. The summed E-state index contributed by atoms with van der Waals surface area (Å²) < 4.78 is 1.79. The molecule has 1 saturated carbocycles. The van der Waals surface area contributed by atoms with Crippen LogP contribution in [-0.4, -0.2) is 44.9 Å². The van der Waals surface area contributed by atoms with Crippen molar-refractivity contribution in [3.05, 3.63) is 11.9 Å². The minimum Gasteiger partial charge on any atom is -0.342 e. The van der Waals surface area contributed by atoms with Crippen molar-refractivity contribution in [3.8, 4) is 0 Å². The Balaban J connectivity index is 1.43. The van der Waals surface area contributed by atoms with E-state index in [9.17, 15) is 4.79 Å². The van der Waals surface area contributed by atoms with E-state index in [4.69, 9.17) is 0 Å². The van der Waals surface area contributed by atoms with Crippen LogP contribution in [0.25, 0.3) is 0 Å². The predicted molar refractivity (Wildman–Crippen MR) is 70.2 cm³/mol. The van der Waals surface area contributed by atoms with Crippen LogP contribution in [-0.2, 0) is 18.4 Å². The topological polar surface area (TPSA) is 63.1 Å². The Morgan fingerprint density at radius 1 is 1.37 bits per heavy atom. The van der Waals surface area contributed by atoms with Crippen molar-refractivity contribution in [3.63, 3.8) is 0 Å². The summed E-state index contributed by atoms with van der Waals surface area (Å²) in [6.07, 6.45) is 6.08. The van der Waals surface area contributed by atoms with Gasteiger partial charge in [-0.1, -0.05) is 5.21 Å². The van der Waals surface area contributed by atoms with Crippen LogP contribution >= 0.6 is 0 Å². The summed E-state index contributed by atoms with van der Waals surface area (Å²) in [5, 5.41) is 11.3. The molecule has 19 heavy (non-hydrogen) atoms. The van der Waals surface area contributed by atoms with E-state index in [-0.39, 0.29) is 0 Å². The smallest absolute Gasteiger partial charge is 0.225 e. The summed E-state index contributed by atoms with van der Waals surface area (Å²) in [5.41, 5.74) is 1.09. The third kappa shape index (κ3) is 2.94. The quantitative estimate of drug-likeness (QED) is 0.849. The van der Waals surface area contributed by atoms with Crippen LogP contribution in [0.5, 0.6) is 0 Å². The fourth-order valence-corrected chi connectivity index (χ4v) is 2.61. The van der Waals surface area contributed by atoms with Crippen LogP contribution in [0.15, 0.2) is 6.20 Å². The second-order valence-corrected chi connectivity index (χ2v) is 5.60. The van der Waals surface area contributed by atoms with Gasteiger partial charge in [0, 0.05) is 38.6 Å². The molecule has 0 bridgehead atoms. The molecule has 0 atom stereocenters. The number of amides is 1. The van der Waals surface area contributed by atoms with Crippen LogP contribution in [0, 0.1) is 5.92 Å². The van der Waals surface area contributed by atoms with E-state index in [2.05, 4.69) is 15.6 Å². The van der Waals surface area contributed by atoms with Crippen LogP contribution in [0.4, 0.5) is 0 Å². The summed E-state index contributed by atoms with van der Waals surface area (Å²) in [6, 6.07) is 0.498. The largest absolute Gasteiger partial charge is 0.342 e. The first kappa shape index (κ1) is 12.6. The van der Waals surface area contributed by atoms with Crippen molar-refractivity contribution in [2.75, 3.05) is 13.1 Å². The second-order valence-electron chi connectivity index (χ2n) is 5.60. The number of rotatable bonds is 4. The minimum absolute atomic E-state index is 0.352. The van der Waals surface area contributed by atoms with E-state index in [0.29, 0.717) is 17.9 Å². The molecule has 2 heterocycles. The van der Waals surface area contributed by atoms with Crippen molar-refractivity contribution in [2.24, 2.45) is 13.0 Å². The zero-order chi connectivity index (χ0) is 13.2. The fourth-order valence-electron chi connectivity index (χ4n) is 2.61. The predicted octanol–water partition coefficient (Wildman–Crippen LogP) is 0.306. The molecule has 1 saturated heterocycles. The Morgan fingerprint density at radius 2 is 2.11 bits per heavy atom. The lowest BCUT2D eigenvalue weighted by molar-refractivity contribution is -0.133. The number of hydrogen-bond acceptors (Lipinski definition) is 4. The van der Waals surface area contributed by atoms with E-state index in [0.717, 1.165) is 51.0 Å². The molecule has 0 radical (unpaired) electrons. The molecular formula is C13H21N5O. The summed E-state index contributed by atoms with van der Waals surface area (Å²) in [7, 11) is 1.90. The van der Waals surface area contributed by atoms with Crippen LogP contribution < -0.4 is 5.32 Å². The van der Waals surface area contributed by atoms with Gasteiger partial charge in [-0.15, -0.1) is 5.10 Å². The number of nitrogens with zero attached hydrogens (tertiary/aromatic N) is 4. The Kier molecular flexibility index (Phi) is 3.50. The standard InChI is InChI=1S/C13H21N5O/c1-17-12(9-15-16-17)8-14-11-4-6-18(7-5-11)13(19)10-2-3-10/h9-11,14H,2-8H2,1H3. The van der Waals surface area contributed by atoms with Crippen LogP contribution in [0.2, 0.25) is 0 Å². The van der Waals surface area contributed by atoms with Gasteiger partial charge >= 0.3 is 0 Å². The molecule has 0 unspecified atom stereocenters. The lowest BCUT2D eigenvalue weighted by Crippen LogP contribution is -2.45. The average molecular weight is 263 g/mol. The van der Waals surface area contributed by atoms with Gasteiger partial charge in [-0.3, -0.25) is 9.48 Å². The molecule has 104 valence electrons. The van der Waals surface area contributed by atoms with Gasteiger partial charge in [0.15, 0.2) is 0 Å². The van der Waals surface area contributed by atoms with Gasteiger partial charge in [-0.25, -0.2) is 0 Å². The zero-order valence-electron chi connectivity index (χ0n) is 11.4. The van der Waals surface area contributed by atoms with E-state index >= 15 is 0 Å². The molecular weight excluding hydrogens is 242 g/mol. The number of nitrogens with one attached hydrogen (secondary N) is 1. The molecule has 2 fully saturated rings. The first-order valence-electron chi connectivity index (χ1n) is 7.10. The third-order valence-electron chi connectivity index (χ3n) is 4.11. The molecule has 1 aromatic rings. The Morgan fingerprint density at radius 3 is 2.68 bits per heavy atom. The van der Waals surface area contributed by atoms with Gasteiger partial charge in [-0.05, 0) is 25.7 Å². The van der Waals surface area contributed by atoms with Crippen molar-refractivity contribution in [2.45, 2.75) is 38.3 Å². The first-order valence-corrected chi connectivity index (χ1v) is 7.10. The molecule has 1 aliphatic carbocycles. The number of likely N-dealkylation sites (tertiary alicyclic amines) is 1. The number of aromatic nitrogens is 3.